The Labute approximate surface area is 135 Å². The predicted molar refractivity (Wildman–Crippen MR) is 77.0 cm³/mol. The van der Waals surface area contributed by atoms with Crippen LogP contribution in [0.15, 0.2) is 28.8 Å². The molecule has 0 bridgehead atoms. The molecule has 1 aliphatic carbocycles. The third-order valence-electron chi connectivity index (χ3n) is 3.89. The third kappa shape index (κ3) is 3.66. The number of benzene rings is 1. The first-order valence-corrected chi connectivity index (χ1v) is 7.43. The van der Waals surface area contributed by atoms with E-state index in [0.29, 0.717) is 6.54 Å². The predicted octanol–water partition coefficient (Wildman–Crippen LogP) is 2.62. The third-order valence-corrected chi connectivity index (χ3v) is 3.89. The van der Waals surface area contributed by atoms with E-state index in [1.165, 1.54) is 11.1 Å². The van der Waals surface area contributed by atoms with Gasteiger partial charge in [-0.15, -0.1) is 0 Å². The molecule has 1 aliphatic rings. The maximum atomic E-state index is 12.3. The van der Waals surface area contributed by atoms with Gasteiger partial charge in [-0.25, -0.2) is 4.79 Å². The van der Waals surface area contributed by atoms with Gasteiger partial charge in [-0.05, 0) is 24.0 Å². The first-order chi connectivity index (χ1) is 11.4. The van der Waals surface area contributed by atoms with Crippen LogP contribution < -0.4 is 10.6 Å². The van der Waals surface area contributed by atoms with Gasteiger partial charge in [0.1, 0.15) is 0 Å². The largest absolute Gasteiger partial charge is 0.455 e. The molecule has 24 heavy (non-hydrogen) atoms. The number of aromatic nitrogens is 2. The molecule has 0 aliphatic heterocycles. The van der Waals surface area contributed by atoms with Crippen molar-refractivity contribution in [2.45, 2.75) is 31.5 Å². The Hall–Kier alpha value is -2.58. The van der Waals surface area contributed by atoms with Gasteiger partial charge in [0.2, 0.25) is 5.89 Å². The first-order valence-electron chi connectivity index (χ1n) is 7.43. The van der Waals surface area contributed by atoms with Crippen molar-refractivity contribution in [3.63, 3.8) is 0 Å². The van der Waals surface area contributed by atoms with Crippen LogP contribution in [-0.2, 0) is 19.1 Å². The molecule has 1 atom stereocenters. The van der Waals surface area contributed by atoms with Crippen LogP contribution in [0.5, 0.6) is 0 Å². The summed E-state index contributed by atoms with van der Waals surface area (Å²) in [6.45, 7) is 0.191. The Balaban J connectivity index is 1.46. The number of nitrogens with zero attached hydrogens (tertiary/aromatic N) is 2. The van der Waals surface area contributed by atoms with E-state index in [9.17, 15) is 18.0 Å². The van der Waals surface area contributed by atoms with Gasteiger partial charge in [0.25, 0.3) is 5.82 Å². The zero-order chi connectivity index (χ0) is 17.2. The first kappa shape index (κ1) is 16.3. The fraction of sp³-hybridized carbons (Fsp3) is 0.400. The highest BCUT2D eigenvalue weighted by molar-refractivity contribution is 5.73. The molecule has 1 aromatic heterocycles. The van der Waals surface area contributed by atoms with Gasteiger partial charge in [0, 0.05) is 12.5 Å². The molecule has 3 rings (SSSR count). The van der Waals surface area contributed by atoms with Crippen LogP contribution in [0, 0.1) is 0 Å². The van der Waals surface area contributed by atoms with Gasteiger partial charge < -0.3 is 15.2 Å². The van der Waals surface area contributed by atoms with Crippen LogP contribution in [0.1, 0.15) is 35.2 Å². The Bertz CT molecular complexity index is 730. The summed E-state index contributed by atoms with van der Waals surface area (Å²) in [6, 6.07) is 7.57. The zero-order valence-corrected chi connectivity index (χ0v) is 12.6. The summed E-state index contributed by atoms with van der Waals surface area (Å²) < 4.78 is 41.4. The summed E-state index contributed by atoms with van der Waals surface area (Å²) in [5.41, 5.74) is 2.51. The normalized spacial score (nSPS) is 16.7. The zero-order valence-electron chi connectivity index (χ0n) is 12.6. The number of nitrogens with one attached hydrogen (secondary N) is 2. The molecule has 6 nitrogen and oxygen atoms in total. The van der Waals surface area contributed by atoms with Crippen molar-refractivity contribution < 1.29 is 22.5 Å². The SMILES string of the molecule is O=C(NCc1nc(C(F)(F)F)no1)NCC1CCc2ccccc21. The molecule has 0 saturated carbocycles. The van der Waals surface area contributed by atoms with Gasteiger partial charge >= 0.3 is 12.2 Å². The number of urea groups is 1. The van der Waals surface area contributed by atoms with Crippen molar-refractivity contribution >= 4 is 6.03 Å². The number of amides is 2. The smallest absolute Gasteiger partial charge is 0.338 e. The average Bonchev–Trinajstić information content (AvgIpc) is 3.17. The second-order valence-corrected chi connectivity index (χ2v) is 5.51. The van der Waals surface area contributed by atoms with E-state index < -0.39 is 18.0 Å². The van der Waals surface area contributed by atoms with Crippen LogP contribution >= 0.6 is 0 Å². The van der Waals surface area contributed by atoms with Crippen molar-refractivity contribution in [1.82, 2.24) is 20.8 Å². The van der Waals surface area contributed by atoms with E-state index >= 15 is 0 Å². The monoisotopic (exact) mass is 340 g/mol. The van der Waals surface area contributed by atoms with E-state index in [0.717, 1.165) is 12.8 Å². The minimum absolute atomic E-state index is 0.243. The second-order valence-electron chi connectivity index (χ2n) is 5.51. The van der Waals surface area contributed by atoms with Crippen molar-refractivity contribution in [1.29, 1.82) is 0 Å². The van der Waals surface area contributed by atoms with E-state index in [4.69, 9.17) is 0 Å². The number of carbonyl (C=O) groups is 1. The fourth-order valence-corrected chi connectivity index (χ4v) is 2.73. The van der Waals surface area contributed by atoms with Gasteiger partial charge in [0.15, 0.2) is 0 Å². The summed E-state index contributed by atoms with van der Waals surface area (Å²) in [7, 11) is 0. The molecule has 128 valence electrons. The van der Waals surface area contributed by atoms with E-state index in [-0.39, 0.29) is 18.4 Å². The van der Waals surface area contributed by atoms with E-state index in [2.05, 4.69) is 31.4 Å². The van der Waals surface area contributed by atoms with Crippen LogP contribution in [-0.4, -0.2) is 22.7 Å². The van der Waals surface area contributed by atoms with Crippen molar-refractivity contribution in [2.24, 2.45) is 0 Å². The van der Waals surface area contributed by atoms with Gasteiger partial charge in [-0.2, -0.15) is 18.2 Å². The number of halogens is 3. The van der Waals surface area contributed by atoms with Gasteiger partial charge in [-0.1, -0.05) is 29.4 Å². The molecule has 0 fully saturated rings. The highest BCUT2D eigenvalue weighted by atomic mass is 19.4. The molecule has 9 heteroatoms. The van der Waals surface area contributed by atoms with Crippen molar-refractivity contribution in [2.75, 3.05) is 6.54 Å². The summed E-state index contributed by atoms with van der Waals surface area (Å²) in [6.07, 6.45) is -2.73. The summed E-state index contributed by atoms with van der Waals surface area (Å²) in [5, 5.41) is 7.93. The van der Waals surface area contributed by atoms with Crippen LogP contribution in [0.25, 0.3) is 0 Å². The number of rotatable bonds is 4. The van der Waals surface area contributed by atoms with Crippen LogP contribution in [0.4, 0.5) is 18.0 Å². The summed E-state index contributed by atoms with van der Waals surface area (Å²) in [4.78, 5) is 14.9. The average molecular weight is 340 g/mol. The Kier molecular flexibility index (Phi) is 4.41. The number of aryl methyl sites for hydroxylation is 1. The van der Waals surface area contributed by atoms with Crippen molar-refractivity contribution in [3.05, 3.63) is 47.1 Å². The lowest BCUT2D eigenvalue weighted by Crippen LogP contribution is -2.37. The molecular formula is C15H15F3N4O2. The maximum Gasteiger partial charge on any atom is 0.455 e. The molecule has 0 radical (unpaired) electrons. The molecular weight excluding hydrogens is 325 g/mol. The second kappa shape index (κ2) is 6.50. The number of carbonyl (C=O) groups excluding carboxylic acids is 1. The number of hydrogen-bond donors (Lipinski definition) is 2. The molecule has 2 amide bonds. The standard InChI is InChI=1S/C15H15F3N4O2/c16-15(17,18)13-21-12(24-22-13)8-20-14(23)19-7-10-6-5-9-3-1-2-4-11(9)10/h1-4,10H,5-8H2,(H2,19,20,23). The molecule has 0 spiro atoms. The van der Waals surface area contributed by atoms with Gasteiger partial charge in [-0.3, -0.25) is 0 Å². The minimum atomic E-state index is -4.67. The quantitative estimate of drug-likeness (QED) is 0.897. The lowest BCUT2D eigenvalue weighted by molar-refractivity contribution is -0.146. The fourth-order valence-electron chi connectivity index (χ4n) is 2.73. The van der Waals surface area contributed by atoms with E-state index in [1.54, 1.807) is 0 Å². The molecule has 1 unspecified atom stereocenters. The van der Waals surface area contributed by atoms with E-state index in [1.807, 2.05) is 18.2 Å². The topological polar surface area (TPSA) is 80.1 Å². The Morgan fingerprint density at radius 3 is 2.83 bits per heavy atom. The van der Waals surface area contributed by atoms with Crippen LogP contribution in [0.3, 0.4) is 0 Å². The molecule has 0 saturated heterocycles. The molecule has 1 heterocycles. The van der Waals surface area contributed by atoms with Crippen molar-refractivity contribution in [3.8, 4) is 0 Å². The molecule has 1 aromatic carbocycles. The Morgan fingerprint density at radius 1 is 1.29 bits per heavy atom. The minimum Gasteiger partial charge on any atom is -0.338 e. The lowest BCUT2D eigenvalue weighted by atomic mass is 10.0. The number of fused-ring (bicyclic) bond motifs is 1. The highest BCUT2D eigenvalue weighted by Crippen LogP contribution is 2.32. The molecule has 2 N–H and O–H groups in total. The molecule has 2 aromatic rings. The lowest BCUT2D eigenvalue weighted by Gasteiger charge is -2.13. The maximum absolute atomic E-state index is 12.3. The highest BCUT2D eigenvalue weighted by Gasteiger charge is 2.37. The summed E-state index contributed by atoms with van der Waals surface area (Å²) in [5.74, 6) is -1.42. The number of hydrogen-bond acceptors (Lipinski definition) is 4. The number of alkyl halides is 3. The van der Waals surface area contributed by atoms with Crippen LogP contribution in [0.2, 0.25) is 0 Å². The Morgan fingerprint density at radius 2 is 2.08 bits per heavy atom. The van der Waals surface area contributed by atoms with Gasteiger partial charge in [0.05, 0.1) is 6.54 Å². The summed E-state index contributed by atoms with van der Waals surface area (Å²) >= 11 is 0.